The fourth-order valence-corrected chi connectivity index (χ4v) is 5.70. The predicted molar refractivity (Wildman–Crippen MR) is 156 cm³/mol. The van der Waals surface area contributed by atoms with Crippen LogP contribution in [0.3, 0.4) is 0 Å². The van der Waals surface area contributed by atoms with Gasteiger partial charge in [0.05, 0.1) is 42.1 Å². The van der Waals surface area contributed by atoms with E-state index >= 15 is 0 Å². The molecule has 0 saturated carbocycles. The largest absolute Gasteiger partial charge is 0.447 e. The van der Waals surface area contributed by atoms with E-state index in [1.807, 2.05) is 55.8 Å². The molecule has 1 N–H and O–H groups in total. The average Bonchev–Trinajstić information content (AvgIpc) is 3.31. The Morgan fingerprint density at radius 2 is 1.95 bits per heavy atom. The molecular formula is C30H35ClN6O4. The van der Waals surface area contributed by atoms with Crippen LogP contribution in [0, 0.1) is 0 Å². The molecule has 2 aliphatic rings. The molecule has 5 rings (SSSR count). The van der Waals surface area contributed by atoms with Crippen molar-refractivity contribution in [1.29, 1.82) is 0 Å². The quantitative estimate of drug-likeness (QED) is 0.451. The Balaban J connectivity index is 1.59. The van der Waals surface area contributed by atoms with Gasteiger partial charge in [0, 0.05) is 51.6 Å². The van der Waals surface area contributed by atoms with Gasteiger partial charge in [0.2, 0.25) is 5.91 Å². The van der Waals surface area contributed by atoms with Crippen molar-refractivity contribution in [3.63, 3.8) is 0 Å². The number of nitrogens with one attached hydrogen (secondary N) is 1. The lowest BCUT2D eigenvalue weighted by Crippen LogP contribution is -2.50. The first-order chi connectivity index (χ1) is 19.8. The minimum absolute atomic E-state index is 0.0751. The highest BCUT2D eigenvalue weighted by Crippen LogP contribution is 2.44. The number of benzene rings is 1. The van der Waals surface area contributed by atoms with Crippen LogP contribution < -0.4 is 5.32 Å². The maximum absolute atomic E-state index is 12.9. The molecule has 3 heterocycles. The number of fused-ring (bicyclic) bond motifs is 2. The van der Waals surface area contributed by atoms with Gasteiger partial charge in [-0.15, -0.1) is 0 Å². The highest BCUT2D eigenvalue weighted by atomic mass is 35.5. The van der Waals surface area contributed by atoms with Crippen molar-refractivity contribution in [1.82, 2.24) is 29.7 Å². The summed E-state index contributed by atoms with van der Waals surface area (Å²) in [5.41, 5.74) is 5.45. The summed E-state index contributed by atoms with van der Waals surface area (Å²) in [6.45, 7) is 5.99. The third-order valence-electron chi connectivity index (χ3n) is 7.38. The van der Waals surface area contributed by atoms with Crippen LogP contribution in [0.2, 0.25) is 5.02 Å². The molecule has 1 aliphatic heterocycles. The second-order valence-electron chi connectivity index (χ2n) is 10.5. The van der Waals surface area contributed by atoms with E-state index in [-0.39, 0.29) is 30.8 Å². The number of amides is 2. The molecule has 0 unspecified atom stereocenters. The second-order valence-corrected chi connectivity index (χ2v) is 11.0. The minimum atomic E-state index is -0.531. The van der Waals surface area contributed by atoms with Gasteiger partial charge in [-0.3, -0.25) is 14.7 Å². The van der Waals surface area contributed by atoms with Crippen molar-refractivity contribution < 1.29 is 19.1 Å². The van der Waals surface area contributed by atoms with Crippen LogP contribution in [0.25, 0.3) is 11.6 Å². The summed E-state index contributed by atoms with van der Waals surface area (Å²) in [4.78, 5) is 38.8. The Bertz CT molecular complexity index is 1450. The number of piperazine rings is 1. The van der Waals surface area contributed by atoms with E-state index in [4.69, 9.17) is 26.1 Å². The summed E-state index contributed by atoms with van der Waals surface area (Å²) < 4.78 is 12.5. The molecule has 2 amide bonds. The highest BCUT2D eigenvalue weighted by molar-refractivity contribution is 6.30. The number of hydrogen-bond acceptors (Lipinski definition) is 7. The number of ether oxygens (including phenoxy) is 2. The third-order valence-corrected chi connectivity index (χ3v) is 7.61. The van der Waals surface area contributed by atoms with Crippen LogP contribution in [-0.2, 0) is 21.3 Å². The van der Waals surface area contributed by atoms with Crippen molar-refractivity contribution in [2.45, 2.75) is 32.0 Å². The monoisotopic (exact) mass is 578 g/mol. The van der Waals surface area contributed by atoms with E-state index in [9.17, 15) is 9.59 Å². The Labute approximate surface area is 244 Å². The van der Waals surface area contributed by atoms with Crippen LogP contribution in [0.4, 0.5) is 4.79 Å². The SMILES string of the molecule is COCC(=O)N[C@H](C1=Cc2cccnc2[C@@H](N2CCN(C(=O)OC(C)C)CC2)c2ccc(Cl)cc21)c1cncn1C. The van der Waals surface area contributed by atoms with Crippen LogP contribution in [0.15, 0.2) is 49.1 Å². The molecule has 2 atom stereocenters. The molecule has 1 aliphatic carbocycles. The van der Waals surface area contributed by atoms with E-state index in [0.29, 0.717) is 31.2 Å². The zero-order valence-corrected chi connectivity index (χ0v) is 24.5. The standard InChI is InChI=1S/C30H35ClN6O4/c1-19(2)41-30(39)37-12-10-36(11-13-37)29-22-8-7-21(31)15-23(22)24(14-20-6-5-9-33-27(20)29)28(34-26(38)17-40-4)25-16-32-18-35(25)3/h5-9,14-16,18-19,28-29H,10-13,17H2,1-4H3,(H,34,38)/t28-,29+/m1/s1. The predicted octanol–water partition coefficient (Wildman–Crippen LogP) is 4.08. The number of imidazole rings is 1. The summed E-state index contributed by atoms with van der Waals surface area (Å²) in [6.07, 6.45) is 6.89. The van der Waals surface area contributed by atoms with Crippen LogP contribution in [0.5, 0.6) is 0 Å². The first kappa shape index (κ1) is 28.8. The summed E-state index contributed by atoms with van der Waals surface area (Å²) in [5.74, 6) is -0.250. The van der Waals surface area contributed by atoms with Gasteiger partial charge in [0.25, 0.3) is 0 Å². The topological polar surface area (TPSA) is 102 Å². The summed E-state index contributed by atoms with van der Waals surface area (Å²) in [6, 6.07) is 9.10. The van der Waals surface area contributed by atoms with Crippen molar-refractivity contribution >= 4 is 35.3 Å². The number of pyridine rings is 1. The molecule has 1 fully saturated rings. The highest BCUT2D eigenvalue weighted by Gasteiger charge is 2.36. The molecule has 0 radical (unpaired) electrons. The lowest BCUT2D eigenvalue weighted by atomic mass is 9.89. The normalized spacial score (nSPS) is 17.8. The Kier molecular flexibility index (Phi) is 8.72. The van der Waals surface area contributed by atoms with Gasteiger partial charge in [-0.25, -0.2) is 9.78 Å². The van der Waals surface area contributed by atoms with Gasteiger partial charge < -0.3 is 24.3 Å². The Hall–Kier alpha value is -3.73. The first-order valence-electron chi connectivity index (χ1n) is 13.7. The molecule has 0 spiro atoms. The first-order valence-corrected chi connectivity index (χ1v) is 14.0. The number of halogens is 1. The molecule has 216 valence electrons. The van der Waals surface area contributed by atoms with E-state index in [1.54, 1.807) is 23.6 Å². The van der Waals surface area contributed by atoms with Gasteiger partial charge in [0.1, 0.15) is 6.61 Å². The molecule has 2 aromatic heterocycles. The lowest BCUT2D eigenvalue weighted by Gasteiger charge is -2.39. The molecule has 3 aromatic rings. The van der Waals surface area contributed by atoms with Crippen LogP contribution >= 0.6 is 11.6 Å². The van der Waals surface area contributed by atoms with Crippen LogP contribution in [0.1, 0.15) is 54.0 Å². The van der Waals surface area contributed by atoms with Crippen molar-refractivity contribution in [3.05, 3.63) is 82.2 Å². The summed E-state index contributed by atoms with van der Waals surface area (Å²) in [7, 11) is 3.39. The molecule has 11 heteroatoms. The number of rotatable bonds is 7. The van der Waals surface area contributed by atoms with Gasteiger partial charge >= 0.3 is 6.09 Å². The van der Waals surface area contributed by atoms with E-state index < -0.39 is 6.04 Å². The van der Waals surface area contributed by atoms with Gasteiger partial charge in [-0.05, 0) is 60.4 Å². The number of aromatic nitrogens is 3. The molecular weight excluding hydrogens is 544 g/mol. The van der Waals surface area contributed by atoms with Crippen LogP contribution in [-0.4, -0.2) is 82.3 Å². The van der Waals surface area contributed by atoms with Gasteiger partial charge in [0.15, 0.2) is 0 Å². The Morgan fingerprint density at radius 1 is 1.17 bits per heavy atom. The van der Waals surface area contributed by atoms with Gasteiger partial charge in [-0.1, -0.05) is 23.7 Å². The van der Waals surface area contributed by atoms with Crippen molar-refractivity contribution in [2.75, 3.05) is 39.9 Å². The average molecular weight is 579 g/mol. The number of aryl methyl sites for hydroxylation is 1. The van der Waals surface area contributed by atoms with Gasteiger partial charge in [-0.2, -0.15) is 0 Å². The fraction of sp³-hybridized carbons (Fsp3) is 0.400. The smallest absolute Gasteiger partial charge is 0.410 e. The molecule has 10 nitrogen and oxygen atoms in total. The van der Waals surface area contributed by atoms with Crippen molar-refractivity contribution in [3.8, 4) is 0 Å². The fourth-order valence-electron chi connectivity index (χ4n) is 5.53. The van der Waals surface area contributed by atoms with Crippen molar-refractivity contribution in [2.24, 2.45) is 7.05 Å². The number of hydrogen-bond donors (Lipinski definition) is 1. The number of carbonyl (C=O) groups is 2. The number of nitrogens with zero attached hydrogens (tertiary/aromatic N) is 5. The molecule has 41 heavy (non-hydrogen) atoms. The second kappa shape index (κ2) is 12.4. The molecule has 1 aromatic carbocycles. The summed E-state index contributed by atoms with van der Waals surface area (Å²) in [5, 5.41) is 3.73. The summed E-state index contributed by atoms with van der Waals surface area (Å²) >= 11 is 6.61. The zero-order valence-electron chi connectivity index (χ0n) is 23.7. The van der Waals surface area contributed by atoms with E-state index in [1.165, 1.54) is 7.11 Å². The lowest BCUT2D eigenvalue weighted by molar-refractivity contribution is -0.125. The van der Waals surface area contributed by atoms with E-state index in [2.05, 4.69) is 21.3 Å². The number of methoxy groups -OCH3 is 1. The third kappa shape index (κ3) is 6.14. The maximum Gasteiger partial charge on any atom is 0.410 e. The molecule has 1 saturated heterocycles. The maximum atomic E-state index is 12.9. The van der Waals surface area contributed by atoms with E-state index in [0.717, 1.165) is 33.7 Å². The zero-order chi connectivity index (χ0) is 29.1. The minimum Gasteiger partial charge on any atom is -0.447 e. The molecule has 0 bridgehead atoms. The Morgan fingerprint density at radius 3 is 2.63 bits per heavy atom. The number of carbonyl (C=O) groups excluding carboxylic acids is 2.